The average molecular weight is 370 g/mol. The molecule has 1 N–H and O–H groups in total. The fourth-order valence-electron chi connectivity index (χ4n) is 3.04. The molecule has 0 bridgehead atoms. The summed E-state index contributed by atoms with van der Waals surface area (Å²) in [6.07, 6.45) is 0.308. The van der Waals surface area contributed by atoms with Crippen LogP contribution in [-0.4, -0.2) is 46.2 Å². The van der Waals surface area contributed by atoms with Crippen molar-refractivity contribution < 1.29 is 18.7 Å². The number of rotatable bonds is 4. The van der Waals surface area contributed by atoms with Gasteiger partial charge in [-0.05, 0) is 30.3 Å². The van der Waals surface area contributed by atoms with Gasteiger partial charge in [0, 0.05) is 25.4 Å². The fraction of sp³-hybridized carbons (Fsp3) is 0.316. The molecule has 0 spiro atoms. The van der Waals surface area contributed by atoms with Gasteiger partial charge in [-0.3, -0.25) is 14.5 Å². The van der Waals surface area contributed by atoms with Gasteiger partial charge in [0.15, 0.2) is 6.17 Å². The van der Waals surface area contributed by atoms with Gasteiger partial charge in [-0.2, -0.15) is 0 Å². The van der Waals surface area contributed by atoms with Crippen molar-refractivity contribution in [3.05, 3.63) is 48.3 Å². The number of halogens is 1. The number of ether oxygens (including phenoxy) is 2. The van der Waals surface area contributed by atoms with Gasteiger partial charge in [0.1, 0.15) is 11.8 Å². The summed E-state index contributed by atoms with van der Waals surface area (Å²) in [5, 5.41) is 7.93. The second-order valence-electron chi connectivity index (χ2n) is 6.37. The molecule has 8 heteroatoms. The highest BCUT2D eigenvalue weighted by Gasteiger charge is 2.28. The van der Waals surface area contributed by atoms with Crippen molar-refractivity contribution in [1.82, 2.24) is 14.8 Å². The third-order valence-electron chi connectivity index (χ3n) is 4.46. The first-order valence-electron chi connectivity index (χ1n) is 8.69. The maximum absolute atomic E-state index is 14.0. The van der Waals surface area contributed by atoms with Gasteiger partial charge in [-0.15, -0.1) is 5.10 Å². The maximum Gasteiger partial charge on any atom is 0.274 e. The molecule has 2 atom stereocenters. The van der Waals surface area contributed by atoms with Crippen LogP contribution in [0.3, 0.4) is 0 Å². The Kier molecular flexibility index (Phi) is 4.72. The Morgan fingerprint density at radius 1 is 1.37 bits per heavy atom. The molecule has 140 valence electrons. The molecule has 3 aromatic rings. The van der Waals surface area contributed by atoms with E-state index in [1.54, 1.807) is 54.3 Å². The second-order valence-corrected chi connectivity index (χ2v) is 6.37. The monoisotopic (exact) mass is 370 g/mol. The third-order valence-corrected chi connectivity index (χ3v) is 4.46. The molecule has 2 aromatic heterocycles. The van der Waals surface area contributed by atoms with Crippen LogP contribution in [0.1, 0.15) is 16.9 Å². The number of benzene rings is 1. The number of nitrogens with zero attached hydrogens (tertiary/aromatic N) is 3. The number of carbonyl (C=O) groups excluding carboxylic acids is 1. The van der Waals surface area contributed by atoms with Gasteiger partial charge in [0.25, 0.3) is 5.91 Å². The van der Waals surface area contributed by atoms with Crippen molar-refractivity contribution in [3.63, 3.8) is 0 Å². The van der Waals surface area contributed by atoms with Crippen LogP contribution in [0.25, 0.3) is 10.9 Å². The van der Waals surface area contributed by atoms with Crippen molar-refractivity contribution in [2.75, 3.05) is 18.5 Å². The van der Waals surface area contributed by atoms with Crippen LogP contribution in [0, 0.1) is 0 Å². The number of carbonyl (C=O) groups is 1. The summed E-state index contributed by atoms with van der Waals surface area (Å²) < 4.78 is 26.5. The molecule has 1 aromatic carbocycles. The van der Waals surface area contributed by atoms with Gasteiger partial charge in [-0.1, -0.05) is 6.07 Å². The summed E-state index contributed by atoms with van der Waals surface area (Å²) in [7, 11) is 1.77. The highest BCUT2D eigenvalue weighted by atomic mass is 19.1. The lowest BCUT2D eigenvalue weighted by atomic mass is 10.1. The number of fused-ring (bicyclic) bond motifs is 1. The average Bonchev–Trinajstić information content (AvgIpc) is 2.99. The van der Waals surface area contributed by atoms with Crippen LogP contribution >= 0.6 is 0 Å². The zero-order valence-electron chi connectivity index (χ0n) is 14.8. The van der Waals surface area contributed by atoms with Crippen LogP contribution in [0.2, 0.25) is 0 Å². The van der Waals surface area contributed by atoms with Crippen molar-refractivity contribution in [3.8, 4) is 5.88 Å². The molecule has 1 aliphatic heterocycles. The molecular weight excluding hydrogens is 351 g/mol. The molecule has 1 amide bonds. The number of nitrogens with one attached hydrogen (secondary N) is 1. The topological polar surface area (TPSA) is 78.3 Å². The standard InChI is InChI=1S/C19H19FN4O3/c1-24-16-10-12(22-18(25)15-4-2-3-8-21-15)5-6-13(16)19(23-24)27-17-7-9-26-11-14(17)20/h2-6,8,10,14,17H,7,9,11H2,1H3,(H,22,25)/t14-,17?/m1/s1. The van der Waals surface area contributed by atoms with E-state index in [1.807, 2.05) is 0 Å². The van der Waals surface area contributed by atoms with E-state index < -0.39 is 12.3 Å². The van der Waals surface area contributed by atoms with Gasteiger partial charge < -0.3 is 14.8 Å². The van der Waals surface area contributed by atoms with E-state index in [0.717, 1.165) is 10.9 Å². The molecule has 1 aliphatic rings. The Morgan fingerprint density at radius 2 is 2.26 bits per heavy atom. The van der Waals surface area contributed by atoms with E-state index in [4.69, 9.17) is 9.47 Å². The maximum atomic E-state index is 14.0. The quantitative estimate of drug-likeness (QED) is 0.764. The summed E-state index contributed by atoms with van der Waals surface area (Å²) in [6.45, 7) is 0.513. The highest BCUT2D eigenvalue weighted by Crippen LogP contribution is 2.29. The fourth-order valence-corrected chi connectivity index (χ4v) is 3.04. The summed E-state index contributed by atoms with van der Waals surface area (Å²) in [4.78, 5) is 16.3. The van der Waals surface area contributed by atoms with Gasteiger partial charge in [0.05, 0.1) is 24.1 Å². The van der Waals surface area contributed by atoms with Crippen LogP contribution in [0.5, 0.6) is 5.88 Å². The van der Waals surface area contributed by atoms with E-state index >= 15 is 0 Å². The van der Waals surface area contributed by atoms with E-state index in [9.17, 15) is 9.18 Å². The van der Waals surface area contributed by atoms with Crippen LogP contribution in [0.4, 0.5) is 10.1 Å². The Bertz CT molecular complexity index is 960. The first kappa shape index (κ1) is 17.4. The Morgan fingerprint density at radius 3 is 3.04 bits per heavy atom. The lowest BCUT2D eigenvalue weighted by Crippen LogP contribution is -2.37. The van der Waals surface area contributed by atoms with Crippen molar-refractivity contribution in [2.24, 2.45) is 7.05 Å². The minimum Gasteiger partial charge on any atom is -0.470 e. The molecule has 7 nitrogen and oxygen atoms in total. The van der Waals surface area contributed by atoms with Crippen molar-refractivity contribution in [1.29, 1.82) is 0 Å². The molecule has 27 heavy (non-hydrogen) atoms. The number of anilines is 1. The van der Waals surface area contributed by atoms with Gasteiger partial charge >= 0.3 is 0 Å². The lowest BCUT2D eigenvalue weighted by molar-refractivity contribution is -0.0393. The molecule has 0 aliphatic carbocycles. The minimum atomic E-state index is -1.17. The Hall–Kier alpha value is -3.00. The largest absolute Gasteiger partial charge is 0.470 e. The third kappa shape index (κ3) is 3.61. The molecule has 1 unspecified atom stereocenters. The second kappa shape index (κ2) is 7.32. The zero-order valence-corrected chi connectivity index (χ0v) is 14.8. The molecule has 0 saturated carbocycles. The van der Waals surface area contributed by atoms with E-state index in [-0.39, 0.29) is 12.5 Å². The van der Waals surface area contributed by atoms with E-state index in [2.05, 4.69) is 15.4 Å². The summed E-state index contributed by atoms with van der Waals surface area (Å²) in [5.74, 6) is 0.0840. The lowest BCUT2D eigenvalue weighted by Gasteiger charge is -2.25. The number of aromatic nitrogens is 3. The highest BCUT2D eigenvalue weighted by molar-refractivity contribution is 6.03. The minimum absolute atomic E-state index is 0.0408. The zero-order chi connectivity index (χ0) is 18.8. The molecule has 1 saturated heterocycles. The molecule has 1 fully saturated rings. The van der Waals surface area contributed by atoms with Crippen LogP contribution in [0.15, 0.2) is 42.6 Å². The normalized spacial score (nSPS) is 19.8. The van der Waals surface area contributed by atoms with Crippen LogP contribution in [-0.2, 0) is 11.8 Å². The number of hydrogen-bond donors (Lipinski definition) is 1. The first-order chi connectivity index (χ1) is 13.1. The smallest absolute Gasteiger partial charge is 0.274 e. The molecule has 3 heterocycles. The molecule has 4 rings (SSSR count). The summed E-state index contributed by atoms with van der Waals surface area (Å²) >= 11 is 0. The van der Waals surface area contributed by atoms with E-state index in [0.29, 0.717) is 30.3 Å². The molecular formula is C19H19FN4O3. The SMILES string of the molecule is Cn1nc(OC2CCOC[C@H]2F)c2ccc(NC(=O)c3ccccn3)cc21. The van der Waals surface area contributed by atoms with E-state index in [1.165, 1.54) is 0 Å². The van der Waals surface area contributed by atoms with Crippen LogP contribution < -0.4 is 10.1 Å². The summed E-state index contributed by atoms with van der Waals surface area (Å²) in [6, 6.07) is 10.5. The molecule has 0 radical (unpaired) electrons. The van der Waals surface area contributed by atoms with Crippen molar-refractivity contribution in [2.45, 2.75) is 18.7 Å². The van der Waals surface area contributed by atoms with Gasteiger partial charge in [0.2, 0.25) is 5.88 Å². The number of aryl methyl sites for hydroxylation is 1. The number of alkyl halides is 1. The predicted molar refractivity (Wildman–Crippen MR) is 97.7 cm³/mol. The Balaban J connectivity index is 1.56. The van der Waals surface area contributed by atoms with Crippen molar-refractivity contribution >= 4 is 22.5 Å². The predicted octanol–water partition coefficient (Wildman–Crippen LogP) is 2.73. The number of hydrogen-bond acceptors (Lipinski definition) is 5. The first-order valence-corrected chi connectivity index (χ1v) is 8.69. The Labute approximate surface area is 155 Å². The summed E-state index contributed by atoms with van der Waals surface area (Å²) in [5.41, 5.74) is 1.72. The number of pyridine rings is 1. The van der Waals surface area contributed by atoms with Gasteiger partial charge in [-0.25, -0.2) is 4.39 Å². The number of amides is 1.